The maximum absolute atomic E-state index is 12.7. The van der Waals surface area contributed by atoms with Crippen LogP contribution >= 0.6 is 11.8 Å². The summed E-state index contributed by atoms with van der Waals surface area (Å²) in [6, 6.07) is 16.3. The second kappa shape index (κ2) is 8.84. The Morgan fingerprint density at radius 3 is 2.56 bits per heavy atom. The zero-order chi connectivity index (χ0) is 22.8. The maximum atomic E-state index is 12.7. The lowest BCUT2D eigenvalue weighted by atomic mass is 10.0. The zero-order valence-corrected chi connectivity index (χ0v) is 18.3. The number of nitro groups is 1. The SMILES string of the molecule is Cc1cc(-c2ccc(/C=C3/SC(=O)N(CCc4ccccc4)C3=O)o2)cc([N+](=O)[O-])c1C. The molecule has 0 radical (unpaired) electrons. The Morgan fingerprint density at radius 1 is 1.09 bits per heavy atom. The maximum Gasteiger partial charge on any atom is 0.293 e. The first kappa shape index (κ1) is 21.6. The Bertz CT molecular complexity index is 1250. The highest BCUT2D eigenvalue weighted by molar-refractivity contribution is 8.18. The number of carbonyl (C=O) groups is 2. The average Bonchev–Trinajstić information content (AvgIpc) is 3.34. The predicted octanol–water partition coefficient (Wildman–Crippen LogP) is 5.75. The monoisotopic (exact) mass is 448 g/mol. The summed E-state index contributed by atoms with van der Waals surface area (Å²) in [4.78, 5) is 37.5. The van der Waals surface area contributed by atoms with Crippen LogP contribution in [0.15, 0.2) is 63.9 Å². The molecule has 162 valence electrons. The van der Waals surface area contributed by atoms with Gasteiger partial charge in [0.15, 0.2) is 0 Å². The van der Waals surface area contributed by atoms with Crippen molar-refractivity contribution in [2.75, 3.05) is 6.54 Å². The van der Waals surface area contributed by atoms with Gasteiger partial charge in [0.1, 0.15) is 11.5 Å². The van der Waals surface area contributed by atoms with E-state index in [0.717, 1.165) is 22.9 Å². The molecule has 1 aliphatic heterocycles. The molecule has 7 nitrogen and oxygen atoms in total. The number of nitro benzene ring substituents is 1. The van der Waals surface area contributed by atoms with Crippen molar-refractivity contribution < 1.29 is 18.9 Å². The highest BCUT2D eigenvalue weighted by atomic mass is 32.2. The summed E-state index contributed by atoms with van der Waals surface area (Å²) in [7, 11) is 0. The molecule has 4 rings (SSSR count). The molecule has 0 spiro atoms. The summed E-state index contributed by atoms with van der Waals surface area (Å²) in [5.74, 6) is 0.496. The first-order valence-corrected chi connectivity index (χ1v) is 10.8. The van der Waals surface area contributed by atoms with E-state index in [2.05, 4.69) is 0 Å². The number of imide groups is 1. The molecule has 8 heteroatoms. The summed E-state index contributed by atoms with van der Waals surface area (Å²) in [6.07, 6.45) is 2.12. The molecule has 0 saturated carbocycles. The lowest BCUT2D eigenvalue weighted by molar-refractivity contribution is -0.385. The van der Waals surface area contributed by atoms with Gasteiger partial charge in [0, 0.05) is 29.8 Å². The lowest BCUT2D eigenvalue weighted by Crippen LogP contribution is -2.30. The van der Waals surface area contributed by atoms with Gasteiger partial charge in [0.25, 0.3) is 16.8 Å². The molecule has 1 aromatic heterocycles. The van der Waals surface area contributed by atoms with Crippen molar-refractivity contribution in [2.24, 2.45) is 0 Å². The Labute approximate surface area is 188 Å². The Kier molecular flexibility index (Phi) is 5.96. The molecule has 2 heterocycles. The molecule has 0 atom stereocenters. The van der Waals surface area contributed by atoms with E-state index in [9.17, 15) is 19.7 Å². The fourth-order valence-electron chi connectivity index (χ4n) is 3.47. The molecule has 0 aliphatic carbocycles. The first-order chi connectivity index (χ1) is 15.3. The third-order valence-electron chi connectivity index (χ3n) is 5.36. The fourth-order valence-corrected chi connectivity index (χ4v) is 4.31. The lowest BCUT2D eigenvalue weighted by Gasteiger charge is -2.11. The summed E-state index contributed by atoms with van der Waals surface area (Å²) in [5.41, 5.74) is 3.04. The largest absolute Gasteiger partial charge is 0.457 e. The molecular weight excluding hydrogens is 428 g/mol. The van der Waals surface area contributed by atoms with Crippen molar-refractivity contribution in [3.05, 3.63) is 92.1 Å². The van der Waals surface area contributed by atoms with Crippen LogP contribution in [0.25, 0.3) is 17.4 Å². The molecule has 0 bridgehead atoms. The first-order valence-electron chi connectivity index (χ1n) is 9.98. The van der Waals surface area contributed by atoms with E-state index in [4.69, 9.17) is 4.42 Å². The van der Waals surface area contributed by atoms with E-state index in [1.165, 1.54) is 17.0 Å². The summed E-state index contributed by atoms with van der Waals surface area (Å²) < 4.78 is 5.81. The van der Waals surface area contributed by atoms with Gasteiger partial charge in [-0.2, -0.15) is 0 Å². The molecule has 1 aliphatic rings. The van der Waals surface area contributed by atoms with Crippen molar-refractivity contribution in [1.29, 1.82) is 0 Å². The van der Waals surface area contributed by atoms with Crippen LogP contribution in [-0.4, -0.2) is 27.5 Å². The molecule has 2 aromatic carbocycles. The minimum atomic E-state index is -0.416. The number of nitrogens with zero attached hydrogens (tertiary/aromatic N) is 2. The number of hydrogen-bond acceptors (Lipinski definition) is 6. The average molecular weight is 449 g/mol. The van der Waals surface area contributed by atoms with Gasteiger partial charge in [0.2, 0.25) is 0 Å². The number of amides is 2. The van der Waals surface area contributed by atoms with Crippen LogP contribution in [0.4, 0.5) is 10.5 Å². The minimum absolute atomic E-state index is 0.0254. The number of benzene rings is 2. The Hall–Kier alpha value is -3.65. The number of rotatable bonds is 6. The van der Waals surface area contributed by atoms with Crippen LogP contribution in [0, 0.1) is 24.0 Å². The summed E-state index contributed by atoms with van der Waals surface area (Å²) >= 11 is 0.877. The summed E-state index contributed by atoms with van der Waals surface area (Å²) in [5, 5.41) is 11.0. The molecule has 0 unspecified atom stereocenters. The molecule has 1 saturated heterocycles. The van der Waals surface area contributed by atoms with E-state index in [1.807, 2.05) is 36.4 Å². The van der Waals surface area contributed by atoms with Gasteiger partial charge in [-0.15, -0.1) is 0 Å². The number of thioether (sulfide) groups is 1. The molecule has 32 heavy (non-hydrogen) atoms. The number of carbonyl (C=O) groups excluding carboxylic acids is 2. The second-order valence-electron chi connectivity index (χ2n) is 7.47. The topological polar surface area (TPSA) is 93.7 Å². The van der Waals surface area contributed by atoms with Crippen LogP contribution in [0.1, 0.15) is 22.5 Å². The van der Waals surface area contributed by atoms with Crippen molar-refractivity contribution in [3.63, 3.8) is 0 Å². The normalized spacial score (nSPS) is 15.1. The van der Waals surface area contributed by atoms with E-state index in [0.29, 0.717) is 35.6 Å². The minimum Gasteiger partial charge on any atom is -0.457 e. The molecule has 1 fully saturated rings. The van der Waals surface area contributed by atoms with Crippen LogP contribution in [-0.2, 0) is 11.2 Å². The van der Waals surface area contributed by atoms with Crippen LogP contribution in [0.2, 0.25) is 0 Å². The van der Waals surface area contributed by atoms with E-state index < -0.39 is 4.92 Å². The van der Waals surface area contributed by atoms with E-state index >= 15 is 0 Å². The number of aryl methyl sites for hydroxylation is 1. The van der Waals surface area contributed by atoms with Crippen LogP contribution in [0.5, 0.6) is 0 Å². The van der Waals surface area contributed by atoms with Crippen LogP contribution < -0.4 is 0 Å². The van der Waals surface area contributed by atoms with Crippen molar-refractivity contribution in [1.82, 2.24) is 4.90 Å². The standard InChI is InChI=1S/C24H20N2O5S/c1-15-12-18(13-20(16(15)2)26(29)30)21-9-8-19(31-21)14-22-23(27)25(24(28)32-22)11-10-17-6-4-3-5-7-17/h3-9,12-14H,10-11H2,1-2H3/b22-14+. The quantitative estimate of drug-likeness (QED) is 0.271. The zero-order valence-electron chi connectivity index (χ0n) is 17.5. The highest BCUT2D eigenvalue weighted by Gasteiger charge is 2.34. The van der Waals surface area contributed by atoms with E-state index in [-0.39, 0.29) is 21.7 Å². The van der Waals surface area contributed by atoms with Crippen molar-refractivity contribution in [2.45, 2.75) is 20.3 Å². The van der Waals surface area contributed by atoms with Crippen molar-refractivity contribution >= 4 is 34.7 Å². The van der Waals surface area contributed by atoms with Gasteiger partial charge < -0.3 is 4.42 Å². The van der Waals surface area contributed by atoms with Gasteiger partial charge in [-0.05, 0) is 61.4 Å². The second-order valence-corrected chi connectivity index (χ2v) is 8.46. The summed E-state index contributed by atoms with van der Waals surface area (Å²) in [6.45, 7) is 3.82. The molecule has 0 N–H and O–H groups in total. The Balaban J connectivity index is 1.53. The van der Waals surface area contributed by atoms with Crippen molar-refractivity contribution in [3.8, 4) is 11.3 Å². The Morgan fingerprint density at radius 2 is 1.84 bits per heavy atom. The van der Waals surface area contributed by atoms with E-state index in [1.54, 1.807) is 26.0 Å². The fraction of sp³-hybridized carbons (Fsp3) is 0.167. The van der Waals surface area contributed by atoms with Gasteiger partial charge >= 0.3 is 0 Å². The van der Waals surface area contributed by atoms with Gasteiger partial charge in [-0.1, -0.05) is 30.3 Å². The molecular formula is C24H20N2O5S. The molecule has 3 aromatic rings. The predicted molar refractivity (Wildman–Crippen MR) is 123 cm³/mol. The van der Waals surface area contributed by atoms with Gasteiger partial charge in [-0.25, -0.2) is 0 Å². The van der Waals surface area contributed by atoms with Crippen LogP contribution in [0.3, 0.4) is 0 Å². The molecule has 2 amide bonds. The number of hydrogen-bond donors (Lipinski definition) is 0. The smallest absolute Gasteiger partial charge is 0.293 e. The van der Waals surface area contributed by atoms with Gasteiger partial charge in [0.05, 0.1) is 9.83 Å². The van der Waals surface area contributed by atoms with Gasteiger partial charge in [-0.3, -0.25) is 24.6 Å². The third-order valence-corrected chi connectivity index (χ3v) is 6.27. The third kappa shape index (κ3) is 4.36. The number of furan rings is 1. The highest BCUT2D eigenvalue weighted by Crippen LogP contribution is 2.35.